The van der Waals surface area contributed by atoms with E-state index in [0.717, 1.165) is 0 Å². The summed E-state index contributed by atoms with van der Waals surface area (Å²) in [7, 11) is -3.38. The summed E-state index contributed by atoms with van der Waals surface area (Å²) in [6.07, 6.45) is 2.07. The maximum absolute atomic E-state index is 11.8. The standard InChI is InChI=1S/C9H19N5O2S/c1-3-8(5-10)17(15,16)12-6-9-13-11-7-14(9)4-2/h7-8,12H,3-6,10H2,1-2H3. The summed E-state index contributed by atoms with van der Waals surface area (Å²) >= 11 is 0. The molecule has 98 valence electrons. The molecule has 0 radical (unpaired) electrons. The van der Waals surface area contributed by atoms with E-state index in [1.807, 2.05) is 6.92 Å². The summed E-state index contributed by atoms with van der Waals surface area (Å²) in [5.41, 5.74) is 5.42. The minimum absolute atomic E-state index is 0.117. The Balaban J connectivity index is 2.67. The Labute approximate surface area is 101 Å². The van der Waals surface area contributed by atoms with Crippen molar-refractivity contribution in [3.05, 3.63) is 12.2 Å². The molecular formula is C9H19N5O2S. The average molecular weight is 261 g/mol. The summed E-state index contributed by atoms with van der Waals surface area (Å²) in [5, 5.41) is 7.03. The first-order valence-electron chi connectivity index (χ1n) is 5.60. The fourth-order valence-corrected chi connectivity index (χ4v) is 2.73. The highest BCUT2D eigenvalue weighted by molar-refractivity contribution is 7.90. The summed E-state index contributed by atoms with van der Waals surface area (Å²) in [6.45, 7) is 4.71. The van der Waals surface area contributed by atoms with Gasteiger partial charge in [0.2, 0.25) is 10.0 Å². The molecular weight excluding hydrogens is 242 g/mol. The van der Waals surface area contributed by atoms with Gasteiger partial charge in [0.05, 0.1) is 11.8 Å². The summed E-state index contributed by atoms with van der Waals surface area (Å²) in [5.74, 6) is 0.600. The Morgan fingerprint density at radius 2 is 2.24 bits per heavy atom. The first-order valence-corrected chi connectivity index (χ1v) is 7.15. The Morgan fingerprint density at radius 3 is 2.76 bits per heavy atom. The minimum atomic E-state index is -3.38. The monoisotopic (exact) mass is 261 g/mol. The van der Waals surface area contributed by atoms with Gasteiger partial charge in [0, 0.05) is 13.1 Å². The van der Waals surface area contributed by atoms with Crippen LogP contribution >= 0.6 is 0 Å². The average Bonchev–Trinajstić information content (AvgIpc) is 2.75. The lowest BCUT2D eigenvalue weighted by Crippen LogP contribution is -2.38. The molecule has 0 aliphatic carbocycles. The molecule has 1 aromatic rings. The second kappa shape index (κ2) is 6.08. The number of hydrogen-bond donors (Lipinski definition) is 2. The van der Waals surface area contributed by atoms with E-state index in [2.05, 4.69) is 14.9 Å². The molecule has 1 aromatic heterocycles. The number of aryl methyl sites for hydroxylation is 1. The number of aromatic nitrogens is 3. The van der Waals surface area contributed by atoms with Crippen LogP contribution in [-0.4, -0.2) is 35.0 Å². The Morgan fingerprint density at radius 1 is 1.53 bits per heavy atom. The van der Waals surface area contributed by atoms with Gasteiger partial charge in [0.1, 0.15) is 12.2 Å². The van der Waals surface area contributed by atoms with Crippen LogP contribution in [0.5, 0.6) is 0 Å². The molecule has 0 aliphatic heterocycles. The van der Waals surface area contributed by atoms with Crippen molar-refractivity contribution in [1.29, 1.82) is 0 Å². The van der Waals surface area contributed by atoms with E-state index in [0.29, 0.717) is 18.8 Å². The molecule has 0 saturated heterocycles. The number of nitrogens with two attached hydrogens (primary N) is 1. The number of hydrogen-bond acceptors (Lipinski definition) is 5. The molecule has 8 heteroatoms. The number of rotatable bonds is 7. The predicted molar refractivity (Wildman–Crippen MR) is 64.6 cm³/mol. The molecule has 0 saturated carbocycles. The summed E-state index contributed by atoms with van der Waals surface area (Å²) in [6, 6.07) is 0. The fourth-order valence-electron chi connectivity index (χ4n) is 1.48. The van der Waals surface area contributed by atoms with Crippen molar-refractivity contribution in [2.24, 2.45) is 5.73 Å². The van der Waals surface area contributed by atoms with E-state index < -0.39 is 15.3 Å². The Bertz CT molecular complexity index is 438. The number of nitrogens with zero attached hydrogens (tertiary/aromatic N) is 3. The molecule has 0 amide bonds. The lowest BCUT2D eigenvalue weighted by molar-refractivity contribution is 0.555. The summed E-state index contributed by atoms with van der Waals surface area (Å²) in [4.78, 5) is 0. The quantitative estimate of drug-likeness (QED) is 0.686. The van der Waals surface area contributed by atoms with Crippen molar-refractivity contribution in [3.63, 3.8) is 0 Å². The van der Waals surface area contributed by atoms with Gasteiger partial charge in [0.25, 0.3) is 0 Å². The summed E-state index contributed by atoms with van der Waals surface area (Å²) < 4.78 is 28.0. The molecule has 1 heterocycles. The van der Waals surface area contributed by atoms with E-state index in [4.69, 9.17) is 5.73 Å². The van der Waals surface area contributed by atoms with Crippen LogP contribution in [0.25, 0.3) is 0 Å². The second-order valence-corrected chi connectivity index (χ2v) is 5.71. The Hall–Kier alpha value is -0.990. The molecule has 0 aliphatic rings. The van der Waals surface area contributed by atoms with Gasteiger partial charge in [-0.25, -0.2) is 13.1 Å². The van der Waals surface area contributed by atoms with Gasteiger partial charge in [-0.05, 0) is 13.3 Å². The first kappa shape index (κ1) is 14.1. The van der Waals surface area contributed by atoms with Crippen LogP contribution in [-0.2, 0) is 23.1 Å². The van der Waals surface area contributed by atoms with E-state index >= 15 is 0 Å². The van der Waals surface area contributed by atoms with Crippen LogP contribution in [0.4, 0.5) is 0 Å². The highest BCUT2D eigenvalue weighted by Crippen LogP contribution is 2.04. The molecule has 0 spiro atoms. The highest BCUT2D eigenvalue weighted by atomic mass is 32.2. The lowest BCUT2D eigenvalue weighted by Gasteiger charge is -2.14. The normalized spacial score (nSPS) is 13.8. The molecule has 7 nitrogen and oxygen atoms in total. The van der Waals surface area contributed by atoms with E-state index in [9.17, 15) is 8.42 Å². The van der Waals surface area contributed by atoms with E-state index in [1.54, 1.807) is 17.8 Å². The molecule has 0 bridgehead atoms. The van der Waals surface area contributed by atoms with Gasteiger partial charge in [0.15, 0.2) is 0 Å². The molecule has 0 aromatic carbocycles. The molecule has 3 N–H and O–H groups in total. The highest BCUT2D eigenvalue weighted by Gasteiger charge is 2.22. The maximum Gasteiger partial charge on any atom is 0.216 e. The van der Waals surface area contributed by atoms with Gasteiger partial charge in [-0.15, -0.1) is 10.2 Å². The van der Waals surface area contributed by atoms with E-state index in [-0.39, 0.29) is 13.1 Å². The third-order valence-corrected chi connectivity index (χ3v) is 4.58. The smallest absolute Gasteiger partial charge is 0.216 e. The lowest BCUT2D eigenvalue weighted by atomic mass is 10.3. The molecule has 17 heavy (non-hydrogen) atoms. The van der Waals surface area contributed by atoms with Gasteiger partial charge < -0.3 is 10.3 Å². The van der Waals surface area contributed by atoms with Crippen LogP contribution in [0, 0.1) is 0 Å². The number of sulfonamides is 1. The van der Waals surface area contributed by atoms with Gasteiger partial charge in [-0.2, -0.15) is 0 Å². The van der Waals surface area contributed by atoms with Crippen LogP contribution in [0.15, 0.2) is 6.33 Å². The van der Waals surface area contributed by atoms with Crippen LogP contribution in [0.2, 0.25) is 0 Å². The second-order valence-electron chi connectivity index (χ2n) is 3.67. The zero-order valence-electron chi connectivity index (χ0n) is 10.1. The van der Waals surface area contributed by atoms with Gasteiger partial charge >= 0.3 is 0 Å². The van der Waals surface area contributed by atoms with Gasteiger partial charge in [-0.1, -0.05) is 6.92 Å². The van der Waals surface area contributed by atoms with Crippen LogP contribution in [0.1, 0.15) is 26.1 Å². The number of nitrogens with one attached hydrogen (secondary N) is 1. The third kappa shape index (κ3) is 3.48. The molecule has 1 atom stereocenters. The van der Waals surface area contributed by atoms with Crippen molar-refractivity contribution in [2.45, 2.75) is 38.6 Å². The SMILES string of the molecule is CCC(CN)S(=O)(=O)NCc1nncn1CC. The zero-order chi connectivity index (χ0) is 12.9. The molecule has 1 unspecified atom stereocenters. The van der Waals surface area contributed by atoms with Crippen molar-refractivity contribution < 1.29 is 8.42 Å². The van der Waals surface area contributed by atoms with E-state index in [1.165, 1.54) is 0 Å². The molecule has 1 rings (SSSR count). The Kier molecular flexibility index (Phi) is 5.03. The third-order valence-electron chi connectivity index (χ3n) is 2.62. The topological polar surface area (TPSA) is 103 Å². The maximum atomic E-state index is 11.8. The van der Waals surface area contributed by atoms with Crippen molar-refractivity contribution in [1.82, 2.24) is 19.5 Å². The van der Waals surface area contributed by atoms with Crippen molar-refractivity contribution >= 4 is 10.0 Å². The van der Waals surface area contributed by atoms with Crippen molar-refractivity contribution in [2.75, 3.05) is 6.54 Å². The fraction of sp³-hybridized carbons (Fsp3) is 0.778. The molecule has 0 fully saturated rings. The zero-order valence-corrected chi connectivity index (χ0v) is 10.9. The predicted octanol–water partition coefficient (Wildman–Crippen LogP) is -0.545. The van der Waals surface area contributed by atoms with Crippen LogP contribution < -0.4 is 10.5 Å². The first-order chi connectivity index (χ1) is 8.05. The minimum Gasteiger partial charge on any atom is -0.329 e. The van der Waals surface area contributed by atoms with Crippen molar-refractivity contribution in [3.8, 4) is 0 Å². The van der Waals surface area contributed by atoms with Crippen LogP contribution in [0.3, 0.4) is 0 Å². The van der Waals surface area contributed by atoms with Gasteiger partial charge in [-0.3, -0.25) is 0 Å². The largest absolute Gasteiger partial charge is 0.329 e.